The van der Waals surface area contributed by atoms with Crippen molar-refractivity contribution in [2.75, 3.05) is 11.1 Å². The Morgan fingerprint density at radius 3 is 2.28 bits per heavy atom. The molecule has 0 spiro atoms. The van der Waals surface area contributed by atoms with Gasteiger partial charge in [-0.3, -0.25) is 0 Å². The lowest BCUT2D eigenvalue weighted by Crippen LogP contribution is -2.12. The quantitative estimate of drug-likeness (QED) is 0.733. The highest BCUT2D eigenvalue weighted by Crippen LogP contribution is 2.25. The zero-order chi connectivity index (χ0) is 13.2. The van der Waals surface area contributed by atoms with Crippen LogP contribution in [0.25, 0.3) is 0 Å². The lowest BCUT2D eigenvalue weighted by Gasteiger charge is -2.10. The minimum atomic E-state index is -3.73. The Hall–Kier alpha value is -2.05. The standard InChI is InChI=1S/C12H13N3O2S/c13-11-7-6-10(18(14,16)17)8-12(11)15-9-4-2-1-3-5-9/h1-8,15H,13H2,(H2,14,16,17). The van der Waals surface area contributed by atoms with Crippen LogP contribution in [0.5, 0.6) is 0 Å². The van der Waals surface area contributed by atoms with E-state index < -0.39 is 10.0 Å². The molecule has 2 rings (SSSR count). The maximum Gasteiger partial charge on any atom is 0.238 e. The highest BCUT2D eigenvalue weighted by molar-refractivity contribution is 7.89. The van der Waals surface area contributed by atoms with Gasteiger partial charge in [0, 0.05) is 5.69 Å². The van der Waals surface area contributed by atoms with Gasteiger partial charge in [-0.05, 0) is 30.3 Å². The zero-order valence-electron chi connectivity index (χ0n) is 9.50. The first kappa shape index (κ1) is 12.4. The Balaban J connectivity index is 2.39. The Labute approximate surface area is 105 Å². The number of rotatable bonds is 3. The fourth-order valence-electron chi connectivity index (χ4n) is 1.50. The van der Waals surface area contributed by atoms with E-state index >= 15 is 0 Å². The monoisotopic (exact) mass is 263 g/mol. The number of nitrogen functional groups attached to an aromatic ring is 1. The van der Waals surface area contributed by atoms with Crippen LogP contribution in [0.1, 0.15) is 0 Å². The largest absolute Gasteiger partial charge is 0.397 e. The van der Waals surface area contributed by atoms with Gasteiger partial charge in [0.1, 0.15) is 0 Å². The molecule has 5 N–H and O–H groups in total. The van der Waals surface area contributed by atoms with Crippen molar-refractivity contribution < 1.29 is 8.42 Å². The average Bonchev–Trinajstić information content (AvgIpc) is 2.32. The normalized spacial score (nSPS) is 11.2. The number of sulfonamides is 1. The molecule has 0 heterocycles. The lowest BCUT2D eigenvalue weighted by molar-refractivity contribution is 0.598. The predicted molar refractivity (Wildman–Crippen MR) is 72.0 cm³/mol. The van der Waals surface area contributed by atoms with E-state index in [2.05, 4.69) is 5.32 Å². The molecule has 0 unspecified atom stereocenters. The van der Waals surface area contributed by atoms with Crippen molar-refractivity contribution in [3.8, 4) is 0 Å². The maximum absolute atomic E-state index is 11.3. The first-order chi connectivity index (χ1) is 8.47. The molecule has 0 aliphatic heterocycles. The number of nitrogens with two attached hydrogens (primary N) is 2. The first-order valence-corrected chi connectivity index (χ1v) is 6.76. The van der Waals surface area contributed by atoms with E-state index in [0.29, 0.717) is 11.4 Å². The third-order valence-corrected chi connectivity index (χ3v) is 3.32. The Kier molecular flexibility index (Phi) is 3.22. The molecule has 2 aromatic rings. The fourth-order valence-corrected chi connectivity index (χ4v) is 2.04. The molecular weight excluding hydrogens is 250 g/mol. The highest BCUT2D eigenvalue weighted by atomic mass is 32.2. The third-order valence-electron chi connectivity index (χ3n) is 2.41. The summed E-state index contributed by atoms with van der Waals surface area (Å²) in [7, 11) is -3.73. The van der Waals surface area contributed by atoms with E-state index in [9.17, 15) is 8.42 Å². The summed E-state index contributed by atoms with van der Waals surface area (Å²) in [4.78, 5) is 0.0233. The molecule has 18 heavy (non-hydrogen) atoms. The summed E-state index contributed by atoms with van der Waals surface area (Å²) in [6, 6.07) is 13.6. The molecule has 0 fully saturated rings. The van der Waals surface area contributed by atoms with Gasteiger partial charge < -0.3 is 11.1 Å². The summed E-state index contributed by atoms with van der Waals surface area (Å²) in [6.45, 7) is 0. The van der Waals surface area contributed by atoms with Crippen LogP contribution in [0.4, 0.5) is 17.1 Å². The SMILES string of the molecule is Nc1ccc(S(N)(=O)=O)cc1Nc1ccccc1. The zero-order valence-corrected chi connectivity index (χ0v) is 10.3. The number of hydrogen-bond donors (Lipinski definition) is 3. The maximum atomic E-state index is 11.3. The van der Waals surface area contributed by atoms with Gasteiger partial charge in [0.15, 0.2) is 0 Å². The second kappa shape index (κ2) is 4.67. The van der Waals surface area contributed by atoms with E-state index in [1.807, 2.05) is 30.3 Å². The van der Waals surface area contributed by atoms with Crippen molar-refractivity contribution in [3.63, 3.8) is 0 Å². The second-order valence-corrected chi connectivity index (χ2v) is 5.35. The number of nitrogens with one attached hydrogen (secondary N) is 1. The summed E-state index contributed by atoms with van der Waals surface area (Å²) in [5, 5.41) is 8.11. The molecule has 0 aromatic heterocycles. The molecular formula is C12H13N3O2S. The molecule has 0 aliphatic rings. The van der Waals surface area contributed by atoms with E-state index in [-0.39, 0.29) is 4.90 Å². The van der Waals surface area contributed by atoms with Crippen LogP contribution < -0.4 is 16.2 Å². The van der Waals surface area contributed by atoms with Gasteiger partial charge in [-0.1, -0.05) is 18.2 Å². The average molecular weight is 263 g/mol. The van der Waals surface area contributed by atoms with Gasteiger partial charge in [0.2, 0.25) is 10.0 Å². The molecule has 2 aromatic carbocycles. The van der Waals surface area contributed by atoms with E-state index in [4.69, 9.17) is 10.9 Å². The van der Waals surface area contributed by atoms with Crippen molar-refractivity contribution in [1.29, 1.82) is 0 Å². The van der Waals surface area contributed by atoms with Crippen LogP contribution in [0.15, 0.2) is 53.4 Å². The summed E-state index contributed by atoms with van der Waals surface area (Å²) in [5.41, 5.74) is 7.56. The summed E-state index contributed by atoms with van der Waals surface area (Å²) < 4.78 is 22.5. The van der Waals surface area contributed by atoms with Crippen molar-refractivity contribution in [1.82, 2.24) is 0 Å². The molecule has 0 amide bonds. The molecule has 0 atom stereocenters. The van der Waals surface area contributed by atoms with Gasteiger partial charge in [-0.25, -0.2) is 13.6 Å². The molecule has 6 heteroatoms. The van der Waals surface area contributed by atoms with Crippen LogP contribution in [0, 0.1) is 0 Å². The minimum Gasteiger partial charge on any atom is -0.397 e. The fraction of sp³-hybridized carbons (Fsp3) is 0. The van der Waals surface area contributed by atoms with Crippen LogP contribution in [-0.4, -0.2) is 8.42 Å². The van der Waals surface area contributed by atoms with Gasteiger partial charge in [0.05, 0.1) is 16.3 Å². The van der Waals surface area contributed by atoms with Crippen molar-refractivity contribution >= 4 is 27.1 Å². The van der Waals surface area contributed by atoms with Gasteiger partial charge in [0.25, 0.3) is 0 Å². The summed E-state index contributed by atoms with van der Waals surface area (Å²) in [5.74, 6) is 0. The molecule has 0 saturated carbocycles. The second-order valence-electron chi connectivity index (χ2n) is 3.79. The number of benzene rings is 2. The van der Waals surface area contributed by atoms with Crippen LogP contribution >= 0.6 is 0 Å². The molecule has 0 saturated heterocycles. The van der Waals surface area contributed by atoms with Gasteiger partial charge >= 0.3 is 0 Å². The number of hydrogen-bond acceptors (Lipinski definition) is 4. The molecule has 5 nitrogen and oxygen atoms in total. The highest BCUT2D eigenvalue weighted by Gasteiger charge is 2.10. The third kappa shape index (κ3) is 2.79. The summed E-state index contributed by atoms with van der Waals surface area (Å²) >= 11 is 0. The Morgan fingerprint density at radius 1 is 1.00 bits per heavy atom. The van der Waals surface area contributed by atoms with E-state index in [1.54, 1.807) is 0 Å². The molecule has 0 radical (unpaired) electrons. The summed E-state index contributed by atoms with van der Waals surface area (Å²) in [6.07, 6.45) is 0. The molecule has 94 valence electrons. The number of anilines is 3. The first-order valence-electron chi connectivity index (χ1n) is 5.21. The van der Waals surface area contributed by atoms with Crippen LogP contribution in [0.2, 0.25) is 0 Å². The van der Waals surface area contributed by atoms with Crippen LogP contribution in [0.3, 0.4) is 0 Å². The minimum absolute atomic E-state index is 0.0233. The number of primary sulfonamides is 1. The van der Waals surface area contributed by atoms with Crippen molar-refractivity contribution in [3.05, 3.63) is 48.5 Å². The topological polar surface area (TPSA) is 98.2 Å². The predicted octanol–water partition coefficient (Wildman–Crippen LogP) is 1.66. The smallest absolute Gasteiger partial charge is 0.238 e. The lowest BCUT2D eigenvalue weighted by atomic mass is 10.2. The Morgan fingerprint density at radius 2 is 1.67 bits per heavy atom. The number of para-hydroxylation sites is 1. The molecule has 0 aliphatic carbocycles. The Bertz CT molecular complexity index is 654. The van der Waals surface area contributed by atoms with E-state index in [1.165, 1.54) is 18.2 Å². The van der Waals surface area contributed by atoms with Gasteiger partial charge in [-0.2, -0.15) is 0 Å². The molecule has 0 bridgehead atoms. The van der Waals surface area contributed by atoms with E-state index in [0.717, 1.165) is 5.69 Å². The van der Waals surface area contributed by atoms with Crippen molar-refractivity contribution in [2.45, 2.75) is 4.90 Å². The van der Waals surface area contributed by atoms with Crippen molar-refractivity contribution in [2.24, 2.45) is 5.14 Å². The van der Waals surface area contributed by atoms with Gasteiger partial charge in [-0.15, -0.1) is 0 Å². The van der Waals surface area contributed by atoms with Crippen LogP contribution in [-0.2, 0) is 10.0 Å².